The van der Waals surface area contributed by atoms with Crippen LogP contribution in [-0.4, -0.2) is 31.1 Å². The van der Waals surface area contributed by atoms with Gasteiger partial charge in [0.1, 0.15) is 0 Å². The molecule has 2 fully saturated rings. The summed E-state index contributed by atoms with van der Waals surface area (Å²) in [5.41, 5.74) is 0. The van der Waals surface area contributed by atoms with E-state index < -0.39 is 5.92 Å². The molecule has 1 saturated carbocycles. The molecule has 2 N–H and O–H groups in total. The number of hydrogen-bond acceptors (Lipinski definition) is 2. The van der Waals surface area contributed by atoms with Crippen LogP contribution in [0.15, 0.2) is 0 Å². The first-order valence-electron chi connectivity index (χ1n) is 5.00. The third kappa shape index (κ3) is 2.38. The van der Waals surface area contributed by atoms with Gasteiger partial charge in [0.05, 0.1) is 0 Å². The van der Waals surface area contributed by atoms with E-state index in [1.165, 1.54) is 6.42 Å². The summed E-state index contributed by atoms with van der Waals surface area (Å²) in [6.45, 7) is 1.92. The van der Waals surface area contributed by atoms with Crippen LogP contribution in [-0.2, 0) is 0 Å². The van der Waals surface area contributed by atoms with Crippen LogP contribution in [0.3, 0.4) is 0 Å². The van der Waals surface area contributed by atoms with Gasteiger partial charge in [-0.3, -0.25) is 0 Å². The van der Waals surface area contributed by atoms with Gasteiger partial charge in [-0.1, -0.05) is 0 Å². The van der Waals surface area contributed by atoms with E-state index in [-0.39, 0.29) is 18.9 Å². The lowest BCUT2D eigenvalue weighted by Gasteiger charge is -2.29. The van der Waals surface area contributed by atoms with Crippen LogP contribution in [0.25, 0.3) is 0 Å². The van der Waals surface area contributed by atoms with Crippen molar-refractivity contribution in [3.05, 3.63) is 0 Å². The van der Waals surface area contributed by atoms with E-state index in [2.05, 4.69) is 10.6 Å². The van der Waals surface area contributed by atoms with E-state index in [9.17, 15) is 8.78 Å². The molecule has 1 aliphatic heterocycles. The zero-order chi connectivity index (χ0) is 9.31. The molecule has 2 unspecified atom stereocenters. The van der Waals surface area contributed by atoms with Crippen molar-refractivity contribution in [1.29, 1.82) is 0 Å². The second-order valence-electron chi connectivity index (χ2n) is 4.14. The second-order valence-corrected chi connectivity index (χ2v) is 4.14. The van der Waals surface area contributed by atoms with Crippen molar-refractivity contribution < 1.29 is 8.78 Å². The number of halogens is 2. The molecular weight excluding hydrogens is 174 g/mol. The number of alkyl halides is 2. The normalized spacial score (nSPS) is 37.4. The largest absolute Gasteiger partial charge is 0.313 e. The van der Waals surface area contributed by atoms with E-state index in [0.29, 0.717) is 12.5 Å². The van der Waals surface area contributed by atoms with Gasteiger partial charge in [-0.2, -0.15) is 0 Å². The van der Waals surface area contributed by atoms with Crippen molar-refractivity contribution in [2.45, 2.75) is 43.7 Å². The number of hydrogen-bond donors (Lipinski definition) is 2. The number of rotatable bonds is 3. The molecule has 2 nitrogen and oxygen atoms in total. The molecule has 1 heterocycles. The first-order valence-corrected chi connectivity index (χ1v) is 5.00. The third-order valence-corrected chi connectivity index (χ3v) is 2.98. The molecule has 2 atom stereocenters. The van der Waals surface area contributed by atoms with Crippen molar-refractivity contribution >= 4 is 0 Å². The Morgan fingerprint density at radius 3 is 2.62 bits per heavy atom. The highest BCUT2D eigenvalue weighted by molar-refractivity contribution is 4.88. The third-order valence-electron chi connectivity index (χ3n) is 2.98. The summed E-state index contributed by atoms with van der Waals surface area (Å²) in [5.74, 6) is -2.41. The summed E-state index contributed by atoms with van der Waals surface area (Å²) in [6, 6.07) is 0.562. The topological polar surface area (TPSA) is 24.1 Å². The zero-order valence-corrected chi connectivity index (χ0v) is 7.65. The van der Waals surface area contributed by atoms with Crippen LogP contribution in [0.1, 0.15) is 25.7 Å². The molecule has 0 aromatic rings. The average Bonchev–Trinajstić information content (AvgIpc) is 2.27. The highest BCUT2D eigenvalue weighted by atomic mass is 19.3. The quantitative estimate of drug-likeness (QED) is 0.697. The summed E-state index contributed by atoms with van der Waals surface area (Å²) < 4.78 is 25.5. The van der Waals surface area contributed by atoms with Gasteiger partial charge >= 0.3 is 0 Å². The van der Waals surface area contributed by atoms with E-state index in [4.69, 9.17) is 0 Å². The number of nitrogens with one attached hydrogen (secondary N) is 2. The standard InChI is InChI=1S/C9H16F2N2/c10-9(11)3-1-7(5-9)13-6-8-2-4-12-8/h7-8,12-13H,1-6H2. The first kappa shape index (κ1) is 9.34. The minimum atomic E-state index is -2.41. The van der Waals surface area contributed by atoms with Crippen LogP contribution in [0.2, 0.25) is 0 Å². The molecule has 0 amide bonds. The van der Waals surface area contributed by atoms with E-state index in [1.54, 1.807) is 0 Å². The predicted molar refractivity (Wildman–Crippen MR) is 47.0 cm³/mol. The molecule has 4 heteroatoms. The molecule has 13 heavy (non-hydrogen) atoms. The Bertz CT molecular complexity index is 180. The van der Waals surface area contributed by atoms with E-state index >= 15 is 0 Å². The average molecular weight is 190 g/mol. The van der Waals surface area contributed by atoms with Crippen LogP contribution in [0.4, 0.5) is 8.78 Å². The minimum absolute atomic E-state index is 0.0275. The molecule has 1 saturated heterocycles. The second kappa shape index (κ2) is 3.50. The fraction of sp³-hybridized carbons (Fsp3) is 1.00. The molecule has 0 aromatic carbocycles. The molecular formula is C9H16F2N2. The van der Waals surface area contributed by atoms with Gasteiger partial charge in [0.2, 0.25) is 5.92 Å². The molecule has 0 bridgehead atoms. The minimum Gasteiger partial charge on any atom is -0.313 e. The van der Waals surface area contributed by atoms with Crippen molar-refractivity contribution in [1.82, 2.24) is 10.6 Å². The Labute approximate surface area is 77.1 Å². The first-order chi connectivity index (χ1) is 6.16. The fourth-order valence-corrected chi connectivity index (χ4v) is 1.96. The van der Waals surface area contributed by atoms with Crippen molar-refractivity contribution in [2.75, 3.05) is 13.1 Å². The molecule has 0 radical (unpaired) electrons. The maximum atomic E-state index is 12.8. The van der Waals surface area contributed by atoms with Crippen molar-refractivity contribution in [2.24, 2.45) is 0 Å². The Balaban J connectivity index is 1.65. The zero-order valence-electron chi connectivity index (χ0n) is 7.65. The predicted octanol–water partition coefficient (Wildman–Crippen LogP) is 1.13. The van der Waals surface area contributed by atoms with Gasteiger partial charge in [0.15, 0.2) is 0 Å². The lowest BCUT2D eigenvalue weighted by Crippen LogP contribution is -2.50. The summed E-state index contributed by atoms with van der Waals surface area (Å²) in [4.78, 5) is 0. The Morgan fingerprint density at radius 2 is 2.15 bits per heavy atom. The highest BCUT2D eigenvalue weighted by Gasteiger charge is 2.39. The van der Waals surface area contributed by atoms with Crippen LogP contribution < -0.4 is 10.6 Å². The van der Waals surface area contributed by atoms with Crippen molar-refractivity contribution in [3.8, 4) is 0 Å². The van der Waals surface area contributed by atoms with E-state index in [0.717, 1.165) is 13.1 Å². The van der Waals surface area contributed by atoms with Crippen LogP contribution >= 0.6 is 0 Å². The van der Waals surface area contributed by atoms with Crippen LogP contribution in [0, 0.1) is 0 Å². The van der Waals surface area contributed by atoms with Gasteiger partial charge in [-0.05, 0) is 19.4 Å². The summed E-state index contributed by atoms with van der Waals surface area (Å²) >= 11 is 0. The Morgan fingerprint density at radius 1 is 1.38 bits per heavy atom. The molecule has 0 spiro atoms. The van der Waals surface area contributed by atoms with E-state index in [1.807, 2.05) is 0 Å². The van der Waals surface area contributed by atoms with Gasteiger partial charge in [0.25, 0.3) is 0 Å². The summed E-state index contributed by atoms with van der Waals surface area (Å²) in [6.07, 6.45) is 1.89. The monoisotopic (exact) mass is 190 g/mol. The van der Waals surface area contributed by atoms with Crippen LogP contribution in [0.5, 0.6) is 0 Å². The molecule has 1 aliphatic carbocycles. The smallest absolute Gasteiger partial charge is 0.249 e. The van der Waals surface area contributed by atoms with Gasteiger partial charge in [0, 0.05) is 31.5 Å². The van der Waals surface area contributed by atoms with Gasteiger partial charge in [-0.25, -0.2) is 8.78 Å². The lowest BCUT2D eigenvalue weighted by atomic mass is 10.1. The molecule has 2 aliphatic rings. The highest BCUT2D eigenvalue weighted by Crippen LogP contribution is 2.34. The Hall–Kier alpha value is -0.220. The molecule has 0 aromatic heterocycles. The molecule has 76 valence electrons. The summed E-state index contributed by atoms with van der Waals surface area (Å²) in [7, 11) is 0. The summed E-state index contributed by atoms with van der Waals surface area (Å²) in [5, 5.41) is 6.44. The van der Waals surface area contributed by atoms with Crippen molar-refractivity contribution in [3.63, 3.8) is 0 Å². The maximum absolute atomic E-state index is 12.8. The Kier molecular flexibility index (Phi) is 2.51. The van der Waals surface area contributed by atoms with Gasteiger partial charge in [-0.15, -0.1) is 0 Å². The maximum Gasteiger partial charge on any atom is 0.249 e. The SMILES string of the molecule is FC1(F)CCC(NCC2CCN2)C1. The fourth-order valence-electron chi connectivity index (χ4n) is 1.96. The molecule has 2 rings (SSSR count). The van der Waals surface area contributed by atoms with Gasteiger partial charge < -0.3 is 10.6 Å². The lowest BCUT2D eigenvalue weighted by molar-refractivity contribution is 0.00681.